The molecule has 0 radical (unpaired) electrons. The van der Waals surface area contributed by atoms with Crippen LogP contribution >= 0.6 is 0 Å². The van der Waals surface area contributed by atoms with Crippen LogP contribution < -0.4 is 5.32 Å². The van der Waals surface area contributed by atoms with Gasteiger partial charge in [0.25, 0.3) is 0 Å². The monoisotopic (exact) mass is 433 g/mol. The van der Waals surface area contributed by atoms with Crippen LogP contribution in [-0.2, 0) is 11.2 Å². The summed E-state index contributed by atoms with van der Waals surface area (Å²) < 4.78 is 20.7. The number of imidazole rings is 1. The number of fused-ring (bicyclic) bond motifs is 1. The molecule has 1 atom stereocenters. The first kappa shape index (κ1) is 20.4. The molecule has 32 heavy (non-hydrogen) atoms. The molecule has 0 saturated carbocycles. The van der Waals surface area contributed by atoms with Crippen molar-refractivity contribution in [2.45, 2.75) is 19.4 Å². The van der Waals surface area contributed by atoms with Gasteiger partial charge in [-0.05, 0) is 41.3 Å². The molecule has 2 aromatic carbocycles. The second kappa shape index (κ2) is 8.22. The number of rotatable bonds is 6. The predicted molar refractivity (Wildman–Crippen MR) is 122 cm³/mol. The summed E-state index contributed by atoms with van der Waals surface area (Å²) in [5, 5.41) is 21.0. The summed E-state index contributed by atoms with van der Waals surface area (Å²) in [5.41, 5.74) is 5.00. The van der Waals surface area contributed by atoms with E-state index in [4.69, 9.17) is 4.74 Å². The molecular formula is C24H24FN5O2. The normalized spacial score (nSPS) is 16.1. The molecule has 4 aromatic rings. The van der Waals surface area contributed by atoms with Gasteiger partial charge in [-0.25, -0.2) is 9.37 Å². The van der Waals surface area contributed by atoms with Crippen LogP contribution in [0.2, 0.25) is 0 Å². The number of ether oxygens (including phenoxy) is 1. The first-order valence-corrected chi connectivity index (χ1v) is 10.6. The third-order valence-electron chi connectivity index (χ3n) is 5.89. The molecule has 0 saturated heterocycles. The van der Waals surface area contributed by atoms with Gasteiger partial charge in [0.15, 0.2) is 11.6 Å². The van der Waals surface area contributed by atoms with E-state index in [2.05, 4.69) is 31.6 Å². The SMILES string of the molecule is CCc1cc(O)ccc1-c1ccc2c(-c3ncc(C4=C[C@@H](COC)NC4)[nH]3)[nH]nc2c1F. The average molecular weight is 433 g/mol. The Labute approximate surface area is 184 Å². The van der Waals surface area contributed by atoms with E-state index in [9.17, 15) is 5.11 Å². The van der Waals surface area contributed by atoms with Crippen molar-refractivity contribution >= 4 is 16.5 Å². The molecule has 7 nitrogen and oxygen atoms in total. The Hall–Kier alpha value is -3.49. The van der Waals surface area contributed by atoms with E-state index in [-0.39, 0.29) is 17.3 Å². The zero-order chi connectivity index (χ0) is 22.2. The van der Waals surface area contributed by atoms with E-state index in [0.29, 0.717) is 35.5 Å². The molecule has 0 bridgehead atoms. The Morgan fingerprint density at radius 2 is 2.06 bits per heavy atom. The van der Waals surface area contributed by atoms with Gasteiger partial charge >= 0.3 is 0 Å². The van der Waals surface area contributed by atoms with Crippen LogP contribution in [0.25, 0.3) is 39.1 Å². The summed E-state index contributed by atoms with van der Waals surface area (Å²) in [6, 6.07) is 8.77. The van der Waals surface area contributed by atoms with Crippen molar-refractivity contribution in [2.24, 2.45) is 0 Å². The van der Waals surface area contributed by atoms with Crippen molar-refractivity contribution in [1.29, 1.82) is 0 Å². The maximum atomic E-state index is 15.5. The minimum absolute atomic E-state index is 0.170. The fraction of sp³-hybridized carbons (Fsp3) is 0.250. The molecule has 0 spiro atoms. The third-order valence-corrected chi connectivity index (χ3v) is 5.89. The van der Waals surface area contributed by atoms with Gasteiger partial charge in [0.05, 0.1) is 18.5 Å². The van der Waals surface area contributed by atoms with E-state index < -0.39 is 5.82 Å². The summed E-state index contributed by atoms with van der Waals surface area (Å²) in [6.45, 7) is 3.31. The molecule has 164 valence electrons. The smallest absolute Gasteiger partial charge is 0.159 e. The van der Waals surface area contributed by atoms with Crippen molar-refractivity contribution in [1.82, 2.24) is 25.5 Å². The number of nitrogens with zero attached hydrogens (tertiary/aromatic N) is 2. The summed E-state index contributed by atoms with van der Waals surface area (Å²) in [6.07, 6.45) is 4.58. The van der Waals surface area contributed by atoms with Gasteiger partial charge in [-0.3, -0.25) is 5.10 Å². The molecule has 4 N–H and O–H groups in total. The van der Waals surface area contributed by atoms with E-state index in [1.165, 1.54) is 0 Å². The number of phenolic OH excluding ortho intramolecular Hbond substituents is 1. The van der Waals surface area contributed by atoms with Gasteiger partial charge in [0, 0.05) is 30.6 Å². The Bertz CT molecular complexity index is 1320. The van der Waals surface area contributed by atoms with Crippen LogP contribution in [0.15, 0.2) is 42.6 Å². The largest absolute Gasteiger partial charge is 0.508 e. The fourth-order valence-corrected chi connectivity index (χ4v) is 4.26. The van der Waals surface area contributed by atoms with E-state index in [0.717, 1.165) is 28.9 Å². The second-order valence-corrected chi connectivity index (χ2v) is 7.90. The van der Waals surface area contributed by atoms with Crippen LogP contribution in [-0.4, -0.2) is 51.6 Å². The topological polar surface area (TPSA) is 98.9 Å². The summed E-state index contributed by atoms with van der Waals surface area (Å²) in [4.78, 5) is 7.82. The predicted octanol–water partition coefficient (Wildman–Crippen LogP) is 4.03. The average Bonchev–Trinajstić information content (AvgIpc) is 3.53. The van der Waals surface area contributed by atoms with Gasteiger partial charge in [-0.1, -0.05) is 25.1 Å². The lowest BCUT2D eigenvalue weighted by Crippen LogP contribution is -2.26. The highest BCUT2D eigenvalue weighted by Gasteiger charge is 2.21. The zero-order valence-electron chi connectivity index (χ0n) is 17.9. The van der Waals surface area contributed by atoms with Crippen LogP contribution in [0.4, 0.5) is 4.39 Å². The first-order valence-electron chi connectivity index (χ1n) is 10.6. The summed E-state index contributed by atoms with van der Waals surface area (Å²) >= 11 is 0. The van der Waals surface area contributed by atoms with E-state index in [1.807, 2.05) is 13.0 Å². The highest BCUT2D eigenvalue weighted by Crippen LogP contribution is 2.35. The number of hydrogen-bond acceptors (Lipinski definition) is 5. The number of phenols is 1. The lowest BCUT2D eigenvalue weighted by Gasteiger charge is -2.10. The lowest BCUT2D eigenvalue weighted by atomic mass is 9.96. The maximum Gasteiger partial charge on any atom is 0.159 e. The minimum atomic E-state index is -0.401. The number of benzene rings is 2. The molecule has 8 heteroatoms. The number of aromatic hydroxyl groups is 1. The van der Waals surface area contributed by atoms with Crippen molar-refractivity contribution in [3.05, 3.63) is 59.7 Å². The van der Waals surface area contributed by atoms with Crippen LogP contribution in [0, 0.1) is 5.82 Å². The van der Waals surface area contributed by atoms with Gasteiger partial charge in [-0.2, -0.15) is 5.10 Å². The van der Waals surface area contributed by atoms with Crippen molar-refractivity contribution in [3.8, 4) is 28.4 Å². The van der Waals surface area contributed by atoms with Crippen LogP contribution in [0.3, 0.4) is 0 Å². The Morgan fingerprint density at radius 1 is 1.22 bits per heavy atom. The molecular weight excluding hydrogens is 409 g/mol. The third kappa shape index (κ3) is 3.47. The number of aromatic amines is 2. The second-order valence-electron chi connectivity index (χ2n) is 7.90. The Kier molecular flexibility index (Phi) is 5.24. The number of halogens is 1. The highest BCUT2D eigenvalue weighted by molar-refractivity contribution is 5.95. The molecule has 1 aliphatic rings. The molecule has 0 fully saturated rings. The highest BCUT2D eigenvalue weighted by atomic mass is 19.1. The molecule has 1 aliphatic heterocycles. The number of methoxy groups -OCH3 is 1. The van der Waals surface area contributed by atoms with Crippen molar-refractivity contribution < 1.29 is 14.2 Å². The van der Waals surface area contributed by atoms with Gasteiger partial charge in [0.2, 0.25) is 0 Å². The van der Waals surface area contributed by atoms with E-state index in [1.54, 1.807) is 37.6 Å². The fourth-order valence-electron chi connectivity index (χ4n) is 4.26. The van der Waals surface area contributed by atoms with Gasteiger partial charge in [-0.15, -0.1) is 0 Å². The standard InChI is InChI=1S/C24H24FN5O2/c1-3-13-9-16(31)4-5-17(13)18-6-7-19-22(21(18)25)29-30-23(19)24-27-11-20(28-24)14-8-15(12-32-2)26-10-14/h4-9,11,15,26,31H,3,10,12H2,1-2H3,(H,27,28)(H,29,30)/t15-/m0/s1. The quantitative estimate of drug-likeness (QED) is 0.368. The molecule has 0 aliphatic carbocycles. The zero-order valence-corrected chi connectivity index (χ0v) is 17.9. The number of aromatic nitrogens is 4. The Morgan fingerprint density at radius 3 is 2.88 bits per heavy atom. The molecule has 5 rings (SSSR count). The first-order chi connectivity index (χ1) is 15.6. The number of H-pyrrole nitrogens is 2. The van der Waals surface area contributed by atoms with Crippen molar-refractivity contribution in [2.75, 3.05) is 20.3 Å². The maximum absolute atomic E-state index is 15.5. The van der Waals surface area contributed by atoms with Crippen molar-refractivity contribution in [3.63, 3.8) is 0 Å². The van der Waals surface area contributed by atoms with Gasteiger partial charge < -0.3 is 20.1 Å². The minimum Gasteiger partial charge on any atom is -0.508 e. The molecule has 0 amide bonds. The number of hydrogen-bond donors (Lipinski definition) is 4. The Balaban J connectivity index is 1.51. The summed E-state index contributed by atoms with van der Waals surface area (Å²) in [7, 11) is 1.68. The van der Waals surface area contributed by atoms with Crippen LogP contribution in [0.5, 0.6) is 5.75 Å². The van der Waals surface area contributed by atoms with E-state index >= 15 is 4.39 Å². The number of nitrogens with one attached hydrogen (secondary N) is 3. The lowest BCUT2D eigenvalue weighted by molar-refractivity contribution is 0.184. The number of aryl methyl sites for hydroxylation is 1. The van der Waals surface area contributed by atoms with Gasteiger partial charge in [0.1, 0.15) is 17.0 Å². The summed E-state index contributed by atoms with van der Waals surface area (Å²) in [5.74, 6) is 0.371. The van der Waals surface area contributed by atoms with Crippen LogP contribution in [0.1, 0.15) is 18.2 Å². The molecule has 2 aromatic heterocycles. The molecule has 3 heterocycles. The molecule has 0 unspecified atom stereocenters.